The largest absolute Gasteiger partial charge is 0.481 e. The Kier molecular flexibility index (Phi) is 4.84. The minimum Gasteiger partial charge on any atom is -0.481 e. The predicted molar refractivity (Wildman–Crippen MR) is 89.2 cm³/mol. The van der Waals surface area contributed by atoms with E-state index in [1.807, 2.05) is 0 Å². The molecule has 1 aliphatic rings. The maximum absolute atomic E-state index is 13.7. The van der Waals surface area contributed by atoms with Gasteiger partial charge in [0, 0.05) is 25.4 Å². The zero-order valence-corrected chi connectivity index (χ0v) is 13.7. The van der Waals surface area contributed by atoms with Gasteiger partial charge >= 0.3 is 12.0 Å². The zero-order chi connectivity index (χ0) is 18.7. The molecule has 9 heteroatoms. The number of carbonyl (C=O) groups excluding carboxylic acids is 1. The number of urea groups is 1. The fourth-order valence-electron chi connectivity index (χ4n) is 2.86. The van der Waals surface area contributed by atoms with Crippen molar-refractivity contribution in [2.24, 2.45) is 5.92 Å². The summed E-state index contributed by atoms with van der Waals surface area (Å²) in [7, 11) is 0. The number of amides is 2. The molecule has 2 heterocycles. The van der Waals surface area contributed by atoms with Gasteiger partial charge in [0.25, 0.3) is 0 Å². The maximum atomic E-state index is 13.7. The number of nitriles is 1. The SMILES string of the molecule is N#Cc1c(F)cccc1-n1ccc(NC(=O)N2CCC(C(=O)O)CC2)n1. The van der Waals surface area contributed by atoms with Crippen molar-refractivity contribution in [2.75, 3.05) is 18.4 Å². The normalized spacial score (nSPS) is 14.7. The Labute approximate surface area is 148 Å². The van der Waals surface area contributed by atoms with Crippen LogP contribution in [0.2, 0.25) is 0 Å². The number of halogens is 1. The molecule has 1 aromatic heterocycles. The number of carboxylic acid groups (broad SMARTS) is 1. The van der Waals surface area contributed by atoms with Crippen LogP contribution in [0.4, 0.5) is 15.0 Å². The number of carbonyl (C=O) groups is 2. The summed E-state index contributed by atoms with van der Waals surface area (Å²) in [5.41, 5.74) is 0.138. The van der Waals surface area contributed by atoms with E-state index < -0.39 is 17.7 Å². The van der Waals surface area contributed by atoms with E-state index in [4.69, 9.17) is 10.4 Å². The van der Waals surface area contributed by atoms with Gasteiger partial charge in [-0.1, -0.05) is 6.07 Å². The third-order valence-electron chi connectivity index (χ3n) is 4.31. The first-order valence-electron chi connectivity index (χ1n) is 8.03. The predicted octanol–water partition coefficient (Wildman–Crippen LogP) is 2.21. The molecule has 0 radical (unpaired) electrons. The fourth-order valence-corrected chi connectivity index (χ4v) is 2.86. The van der Waals surface area contributed by atoms with Crippen molar-refractivity contribution < 1.29 is 19.1 Å². The van der Waals surface area contributed by atoms with E-state index >= 15 is 0 Å². The van der Waals surface area contributed by atoms with Crippen LogP contribution < -0.4 is 5.32 Å². The molecule has 1 aromatic carbocycles. The minimum atomic E-state index is -0.841. The van der Waals surface area contributed by atoms with Gasteiger partial charge < -0.3 is 10.0 Å². The maximum Gasteiger partial charge on any atom is 0.323 e. The first kappa shape index (κ1) is 17.4. The molecule has 26 heavy (non-hydrogen) atoms. The third kappa shape index (κ3) is 3.49. The number of hydrogen-bond acceptors (Lipinski definition) is 4. The summed E-state index contributed by atoms with van der Waals surface area (Å²) < 4.78 is 15.0. The van der Waals surface area contributed by atoms with Crippen LogP contribution in [-0.2, 0) is 4.79 Å². The smallest absolute Gasteiger partial charge is 0.323 e. The van der Waals surface area contributed by atoms with Gasteiger partial charge in [0.2, 0.25) is 0 Å². The second kappa shape index (κ2) is 7.23. The Bertz CT molecular complexity index is 881. The Balaban J connectivity index is 1.68. The molecule has 1 aliphatic heterocycles. The molecule has 0 unspecified atom stereocenters. The average molecular weight is 357 g/mol. The van der Waals surface area contributed by atoms with E-state index in [0.717, 1.165) is 0 Å². The van der Waals surface area contributed by atoms with E-state index in [1.165, 1.54) is 34.0 Å². The van der Waals surface area contributed by atoms with Crippen LogP contribution in [0, 0.1) is 23.1 Å². The number of anilines is 1. The number of nitrogens with zero attached hydrogens (tertiary/aromatic N) is 4. The highest BCUT2D eigenvalue weighted by Crippen LogP contribution is 2.20. The van der Waals surface area contributed by atoms with Gasteiger partial charge in [-0.05, 0) is 25.0 Å². The Hall–Kier alpha value is -3.41. The molecule has 2 amide bonds. The molecular formula is C17H16FN5O3. The van der Waals surface area contributed by atoms with Crippen molar-refractivity contribution in [3.63, 3.8) is 0 Å². The van der Waals surface area contributed by atoms with E-state index in [9.17, 15) is 14.0 Å². The number of carboxylic acids is 1. The highest BCUT2D eigenvalue weighted by atomic mass is 19.1. The summed E-state index contributed by atoms with van der Waals surface area (Å²) >= 11 is 0. The summed E-state index contributed by atoms with van der Waals surface area (Å²) in [4.78, 5) is 24.8. The highest BCUT2D eigenvalue weighted by molar-refractivity contribution is 5.88. The molecule has 0 spiro atoms. The van der Waals surface area contributed by atoms with Crippen molar-refractivity contribution in [1.82, 2.24) is 14.7 Å². The van der Waals surface area contributed by atoms with E-state index in [0.29, 0.717) is 25.9 Å². The average Bonchev–Trinajstić information content (AvgIpc) is 3.09. The number of nitrogens with one attached hydrogen (secondary N) is 1. The van der Waals surface area contributed by atoms with Crippen LogP contribution in [0.15, 0.2) is 30.5 Å². The quantitative estimate of drug-likeness (QED) is 0.875. The lowest BCUT2D eigenvalue weighted by Crippen LogP contribution is -2.42. The van der Waals surface area contributed by atoms with Gasteiger partial charge in [-0.2, -0.15) is 5.26 Å². The monoisotopic (exact) mass is 357 g/mol. The summed E-state index contributed by atoms with van der Waals surface area (Å²) in [6.07, 6.45) is 2.33. The van der Waals surface area contributed by atoms with Gasteiger partial charge in [0.05, 0.1) is 11.6 Å². The molecule has 2 aromatic rings. The standard InChI is InChI=1S/C17H16FN5O3/c18-13-2-1-3-14(12(13)10-19)23-9-6-15(21-23)20-17(26)22-7-4-11(5-8-22)16(24)25/h1-3,6,9,11H,4-5,7-8H2,(H,24,25)(H,20,21,26). The highest BCUT2D eigenvalue weighted by Gasteiger charge is 2.27. The van der Waals surface area contributed by atoms with Gasteiger partial charge in [0.1, 0.15) is 17.4 Å². The molecule has 1 saturated heterocycles. The molecule has 8 nitrogen and oxygen atoms in total. The van der Waals surface area contributed by atoms with Crippen LogP contribution in [0.5, 0.6) is 0 Å². The van der Waals surface area contributed by atoms with E-state index in [2.05, 4.69) is 10.4 Å². The summed E-state index contributed by atoms with van der Waals surface area (Å²) in [5.74, 6) is -1.65. The minimum absolute atomic E-state index is 0.135. The van der Waals surface area contributed by atoms with Crippen LogP contribution >= 0.6 is 0 Å². The molecular weight excluding hydrogens is 341 g/mol. The van der Waals surface area contributed by atoms with Crippen molar-refractivity contribution in [3.8, 4) is 11.8 Å². The van der Waals surface area contributed by atoms with E-state index in [1.54, 1.807) is 12.1 Å². The number of benzene rings is 1. The lowest BCUT2D eigenvalue weighted by atomic mass is 9.97. The van der Waals surface area contributed by atoms with Crippen LogP contribution in [-0.4, -0.2) is 44.9 Å². The molecule has 1 fully saturated rings. The van der Waals surface area contributed by atoms with Crippen LogP contribution in [0.1, 0.15) is 18.4 Å². The first-order valence-corrected chi connectivity index (χ1v) is 8.03. The number of hydrogen-bond donors (Lipinski definition) is 2. The van der Waals surface area contributed by atoms with Gasteiger partial charge in [-0.3, -0.25) is 10.1 Å². The molecule has 3 rings (SSSR count). The number of aromatic nitrogens is 2. The lowest BCUT2D eigenvalue weighted by Gasteiger charge is -2.29. The van der Waals surface area contributed by atoms with E-state index in [-0.39, 0.29) is 23.1 Å². The van der Waals surface area contributed by atoms with Crippen molar-refractivity contribution in [1.29, 1.82) is 5.26 Å². The van der Waals surface area contributed by atoms with Crippen molar-refractivity contribution >= 4 is 17.8 Å². The molecule has 134 valence electrons. The molecule has 0 atom stereocenters. The zero-order valence-electron chi connectivity index (χ0n) is 13.7. The Morgan fingerprint density at radius 1 is 1.31 bits per heavy atom. The number of likely N-dealkylation sites (tertiary alicyclic amines) is 1. The number of rotatable bonds is 3. The van der Waals surface area contributed by atoms with Crippen LogP contribution in [0.3, 0.4) is 0 Å². The topological polar surface area (TPSA) is 111 Å². The molecule has 0 bridgehead atoms. The van der Waals surface area contributed by atoms with Crippen LogP contribution in [0.25, 0.3) is 5.69 Å². The molecule has 2 N–H and O–H groups in total. The Morgan fingerprint density at radius 3 is 2.69 bits per heavy atom. The summed E-state index contributed by atoms with van der Waals surface area (Å²) in [6.45, 7) is 0.706. The Morgan fingerprint density at radius 2 is 2.04 bits per heavy atom. The molecule has 0 saturated carbocycles. The summed E-state index contributed by atoms with van der Waals surface area (Å²) in [5, 5.41) is 24.9. The number of piperidine rings is 1. The van der Waals surface area contributed by atoms with Gasteiger partial charge in [0.15, 0.2) is 5.82 Å². The first-order chi connectivity index (χ1) is 12.5. The number of aliphatic carboxylic acids is 1. The molecule has 0 aliphatic carbocycles. The second-order valence-electron chi connectivity index (χ2n) is 5.92. The van der Waals surface area contributed by atoms with Gasteiger partial charge in [-0.25, -0.2) is 13.9 Å². The fraction of sp³-hybridized carbons (Fsp3) is 0.294. The van der Waals surface area contributed by atoms with Crippen molar-refractivity contribution in [2.45, 2.75) is 12.8 Å². The third-order valence-corrected chi connectivity index (χ3v) is 4.31. The second-order valence-corrected chi connectivity index (χ2v) is 5.92. The lowest BCUT2D eigenvalue weighted by molar-refractivity contribution is -0.143. The summed E-state index contributed by atoms with van der Waals surface area (Å²) in [6, 6.07) is 7.17. The van der Waals surface area contributed by atoms with Gasteiger partial charge in [-0.15, -0.1) is 5.10 Å². The van der Waals surface area contributed by atoms with Crippen molar-refractivity contribution in [3.05, 3.63) is 41.8 Å².